The molecule has 122 valence electrons. The van der Waals surface area contributed by atoms with Gasteiger partial charge in [-0.3, -0.25) is 4.79 Å². The molecule has 4 aliphatic carbocycles. The molecule has 1 N–H and O–H groups in total. The van der Waals surface area contributed by atoms with Gasteiger partial charge in [-0.1, -0.05) is 30.6 Å². The van der Waals surface area contributed by atoms with Gasteiger partial charge >= 0.3 is 0 Å². The molecule has 23 heavy (non-hydrogen) atoms. The minimum Gasteiger partial charge on any atom is -0.377 e. The predicted molar refractivity (Wildman–Crippen MR) is 90.4 cm³/mol. The van der Waals surface area contributed by atoms with Crippen LogP contribution < -0.4 is 0 Å². The smallest absolute Gasteiger partial charge is 0.155 e. The molecule has 6 atom stereocenters. The molecule has 0 saturated heterocycles. The second-order valence-corrected chi connectivity index (χ2v) is 8.46. The molecule has 0 radical (unpaired) electrons. The zero-order valence-electron chi connectivity index (χ0n) is 14.0. The first kappa shape index (κ1) is 15.2. The van der Waals surface area contributed by atoms with Crippen molar-refractivity contribution in [2.24, 2.45) is 29.1 Å². The SMILES string of the molecule is C#C[C@]1(O)CCC2[C@@H]3CCC4=CC(=O)CC[C@@H]4C3C(=C)C[C@@]21C. The Bertz CT molecular complexity index is 651. The Hall–Kier alpha value is -1.33. The van der Waals surface area contributed by atoms with Gasteiger partial charge in [-0.25, -0.2) is 0 Å². The minimum atomic E-state index is -0.982. The summed E-state index contributed by atoms with van der Waals surface area (Å²) in [5.74, 6) is 5.05. The Kier molecular flexibility index (Phi) is 3.20. The number of carbonyl (C=O) groups excluding carboxylic acids is 1. The van der Waals surface area contributed by atoms with E-state index < -0.39 is 5.60 Å². The average Bonchev–Trinajstić information content (AvgIpc) is 2.78. The highest BCUT2D eigenvalue weighted by molar-refractivity contribution is 5.91. The van der Waals surface area contributed by atoms with Crippen LogP contribution in [-0.4, -0.2) is 16.5 Å². The average molecular weight is 310 g/mol. The summed E-state index contributed by atoms with van der Waals surface area (Å²) >= 11 is 0. The van der Waals surface area contributed by atoms with Crippen LogP contribution in [0.25, 0.3) is 0 Å². The molecule has 2 heteroatoms. The Morgan fingerprint density at radius 1 is 1.35 bits per heavy atom. The fraction of sp³-hybridized carbons (Fsp3) is 0.667. The number of hydrogen-bond donors (Lipinski definition) is 1. The molecule has 0 aromatic rings. The van der Waals surface area contributed by atoms with Crippen molar-refractivity contribution in [3.8, 4) is 12.3 Å². The van der Waals surface area contributed by atoms with Crippen LogP contribution in [0.3, 0.4) is 0 Å². The maximum Gasteiger partial charge on any atom is 0.155 e. The standard InChI is InChI=1S/C21H26O2/c1-4-21(23)10-9-18-17-7-5-14-11-15(22)6-8-16(14)19(17)13(2)12-20(18,21)3/h1,11,16-19,23H,2,5-10,12H2,3H3/t16-,17-,18?,19?,20-,21-/m0/s1. The first-order valence-corrected chi connectivity index (χ1v) is 9.01. The van der Waals surface area contributed by atoms with E-state index in [0.717, 1.165) is 32.1 Å². The van der Waals surface area contributed by atoms with Gasteiger partial charge in [-0.15, -0.1) is 6.42 Å². The Morgan fingerprint density at radius 3 is 2.87 bits per heavy atom. The van der Waals surface area contributed by atoms with Crippen molar-refractivity contribution >= 4 is 5.78 Å². The summed E-state index contributed by atoms with van der Waals surface area (Å²) in [4.78, 5) is 11.8. The molecule has 3 fully saturated rings. The number of allylic oxidation sites excluding steroid dienone is 2. The summed E-state index contributed by atoms with van der Waals surface area (Å²) < 4.78 is 0. The normalized spacial score (nSPS) is 48.8. The van der Waals surface area contributed by atoms with Crippen molar-refractivity contribution in [1.82, 2.24) is 0 Å². The van der Waals surface area contributed by atoms with Crippen LogP contribution in [-0.2, 0) is 4.79 Å². The molecular weight excluding hydrogens is 284 g/mol. The lowest BCUT2D eigenvalue weighted by atomic mass is 9.49. The third-order valence-electron chi connectivity index (χ3n) is 7.59. The van der Waals surface area contributed by atoms with E-state index in [0.29, 0.717) is 42.3 Å². The maximum absolute atomic E-state index is 11.8. The molecular formula is C21H26O2. The van der Waals surface area contributed by atoms with Gasteiger partial charge in [0.15, 0.2) is 5.78 Å². The fourth-order valence-corrected chi connectivity index (χ4v) is 6.45. The van der Waals surface area contributed by atoms with Gasteiger partial charge in [-0.05, 0) is 68.3 Å². The van der Waals surface area contributed by atoms with Gasteiger partial charge in [0.1, 0.15) is 5.60 Å². The number of terminal acetylenes is 1. The summed E-state index contributed by atoms with van der Waals surface area (Å²) in [6, 6.07) is 0. The van der Waals surface area contributed by atoms with Crippen molar-refractivity contribution in [3.63, 3.8) is 0 Å². The monoisotopic (exact) mass is 310 g/mol. The highest BCUT2D eigenvalue weighted by Crippen LogP contribution is 2.65. The van der Waals surface area contributed by atoms with E-state index in [2.05, 4.69) is 19.4 Å². The quantitative estimate of drug-likeness (QED) is 0.548. The summed E-state index contributed by atoms with van der Waals surface area (Å²) in [6.45, 7) is 6.60. The molecule has 0 spiro atoms. The van der Waals surface area contributed by atoms with Gasteiger partial charge in [0.05, 0.1) is 0 Å². The number of carbonyl (C=O) groups is 1. The number of fused-ring (bicyclic) bond motifs is 5. The first-order chi connectivity index (χ1) is 10.9. The van der Waals surface area contributed by atoms with Crippen molar-refractivity contribution < 1.29 is 9.90 Å². The molecule has 2 nitrogen and oxygen atoms in total. The largest absolute Gasteiger partial charge is 0.377 e. The Morgan fingerprint density at radius 2 is 2.13 bits per heavy atom. The number of hydrogen-bond acceptors (Lipinski definition) is 2. The number of rotatable bonds is 0. The summed E-state index contributed by atoms with van der Waals surface area (Å²) in [6.07, 6.45) is 14.0. The molecule has 4 aliphatic rings. The number of aliphatic hydroxyl groups is 1. The van der Waals surface area contributed by atoms with E-state index in [1.807, 2.05) is 6.08 Å². The number of ketones is 1. The van der Waals surface area contributed by atoms with E-state index in [9.17, 15) is 9.90 Å². The fourth-order valence-electron chi connectivity index (χ4n) is 6.45. The van der Waals surface area contributed by atoms with Gasteiger partial charge in [0.25, 0.3) is 0 Å². The Labute approximate surface area is 139 Å². The van der Waals surface area contributed by atoms with Crippen LogP contribution in [0.4, 0.5) is 0 Å². The van der Waals surface area contributed by atoms with Crippen molar-refractivity contribution in [3.05, 3.63) is 23.8 Å². The Balaban J connectivity index is 1.72. The van der Waals surface area contributed by atoms with E-state index >= 15 is 0 Å². The van der Waals surface area contributed by atoms with E-state index in [-0.39, 0.29) is 5.41 Å². The summed E-state index contributed by atoms with van der Waals surface area (Å²) in [7, 11) is 0. The highest BCUT2D eigenvalue weighted by Gasteiger charge is 2.62. The third-order valence-corrected chi connectivity index (χ3v) is 7.59. The van der Waals surface area contributed by atoms with Crippen LogP contribution in [0.15, 0.2) is 23.8 Å². The van der Waals surface area contributed by atoms with Crippen LogP contribution >= 0.6 is 0 Å². The van der Waals surface area contributed by atoms with E-state index in [1.54, 1.807) is 0 Å². The lowest BCUT2D eigenvalue weighted by Gasteiger charge is -2.55. The predicted octanol–water partition coefficient (Wildman–Crippen LogP) is 3.66. The van der Waals surface area contributed by atoms with Crippen LogP contribution in [0.1, 0.15) is 51.9 Å². The van der Waals surface area contributed by atoms with Crippen LogP contribution in [0, 0.1) is 41.4 Å². The highest BCUT2D eigenvalue weighted by atomic mass is 16.3. The maximum atomic E-state index is 11.8. The van der Waals surface area contributed by atoms with Gasteiger partial charge in [0.2, 0.25) is 0 Å². The molecule has 4 rings (SSSR count). The van der Waals surface area contributed by atoms with Crippen molar-refractivity contribution in [2.45, 2.75) is 57.5 Å². The van der Waals surface area contributed by atoms with Crippen LogP contribution in [0.2, 0.25) is 0 Å². The molecule has 0 aliphatic heterocycles. The summed E-state index contributed by atoms with van der Waals surface area (Å²) in [5, 5.41) is 11.0. The molecule has 0 aromatic carbocycles. The zero-order valence-corrected chi connectivity index (χ0v) is 14.0. The molecule has 0 aromatic heterocycles. The molecule has 3 saturated carbocycles. The van der Waals surface area contributed by atoms with Crippen molar-refractivity contribution in [2.75, 3.05) is 0 Å². The minimum absolute atomic E-state index is 0.230. The molecule has 0 bridgehead atoms. The van der Waals surface area contributed by atoms with Gasteiger partial charge < -0.3 is 5.11 Å². The first-order valence-electron chi connectivity index (χ1n) is 9.01. The van der Waals surface area contributed by atoms with Gasteiger partial charge in [-0.2, -0.15) is 0 Å². The second-order valence-electron chi connectivity index (χ2n) is 8.46. The lowest BCUT2D eigenvalue weighted by Crippen LogP contribution is -2.52. The molecule has 2 unspecified atom stereocenters. The van der Waals surface area contributed by atoms with E-state index in [1.165, 1.54) is 11.1 Å². The zero-order chi connectivity index (χ0) is 16.4. The lowest BCUT2D eigenvalue weighted by molar-refractivity contribution is -0.116. The summed E-state index contributed by atoms with van der Waals surface area (Å²) in [5.41, 5.74) is 1.40. The van der Waals surface area contributed by atoms with Crippen LogP contribution in [0.5, 0.6) is 0 Å². The molecule has 0 amide bonds. The third kappa shape index (κ3) is 1.89. The molecule has 0 heterocycles. The van der Waals surface area contributed by atoms with Gasteiger partial charge in [0, 0.05) is 11.8 Å². The second kappa shape index (κ2) is 4.84. The van der Waals surface area contributed by atoms with E-state index in [4.69, 9.17) is 6.42 Å². The topological polar surface area (TPSA) is 37.3 Å². The van der Waals surface area contributed by atoms with Crippen molar-refractivity contribution in [1.29, 1.82) is 0 Å².